The normalized spacial score (nSPS) is 10.7. The Kier molecular flexibility index (Phi) is 7.08. The number of hydrogen-bond acceptors (Lipinski definition) is 5. The van der Waals surface area contributed by atoms with Crippen molar-refractivity contribution in [1.82, 2.24) is 14.9 Å². The van der Waals surface area contributed by atoms with Crippen LogP contribution in [-0.2, 0) is 13.1 Å². The average Bonchev–Trinajstić information content (AvgIpc) is 2.84. The third-order valence-electron chi connectivity index (χ3n) is 5.44. The van der Waals surface area contributed by atoms with Gasteiger partial charge in [0.15, 0.2) is 16.6 Å². The van der Waals surface area contributed by atoms with Crippen molar-refractivity contribution in [2.24, 2.45) is 0 Å². The van der Waals surface area contributed by atoms with Crippen LogP contribution in [0.4, 0.5) is 5.69 Å². The standard InChI is InChI=1S/C26H26N4O3S/c1-17-6-4-8-21(10-17)28-26(34)30(15-18-7-5-9-27-14-18)16-20-11-19-12-23(32-2)24(33-3)13-22(19)29-25(20)31/h4-14H,15-16H2,1-3H3,(H,28,34)(H,29,31). The smallest absolute Gasteiger partial charge is 0.253 e. The Labute approximate surface area is 203 Å². The Morgan fingerprint density at radius 2 is 1.85 bits per heavy atom. The van der Waals surface area contributed by atoms with Crippen LogP contribution in [0.15, 0.2) is 71.8 Å². The molecule has 0 fully saturated rings. The lowest BCUT2D eigenvalue weighted by atomic mass is 10.1. The molecular weight excluding hydrogens is 448 g/mol. The molecule has 2 heterocycles. The highest BCUT2D eigenvalue weighted by Gasteiger charge is 2.16. The van der Waals surface area contributed by atoms with Crippen LogP contribution in [0.25, 0.3) is 10.9 Å². The van der Waals surface area contributed by atoms with Crippen molar-refractivity contribution >= 4 is 33.9 Å². The highest BCUT2D eigenvalue weighted by molar-refractivity contribution is 7.80. The van der Waals surface area contributed by atoms with Crippen molar-refractivity contribution < 1.29 is 9.47 Å². The van der Waals surface area contributed by atoms with Gasteiger partial charge in [0.1, 0.15) is 0 Å². The van der Waals surface area contributed by atoms with Gasteiger partial charge in [-0.05, 0) is 60.6 Å². The van der Waals surface area contributed by atoms with Crippen LogP contribution in [0.2, 0.25) is 0 Å². The zero-order valence-corrected chi connectivity index (χ0v) is 20.1. The van der Waals surface area contributed by atoms with E-state index in [4.69, 9.17) is 21.7 Å². The summed E-state index contributed by atoms with van der Waals surface area (Å²) in [4.78, 5) is 22.1. The fourth-order valence-electron chi connectivity index (χ4n) is 3.74. The van der Waals surface area contributed by atoms with E-state index in [9.17, 15) is 4.79 Å². The monoisotopic (exact) mass is 474 g/mol. The molecule has 0 aliphatic heterocycles. The minimum atomic E-state index is -0.186. The van der Waals surface area contributed by atoms with Crippen molar-refractivity contribution in [3.8, 4) is 11.5 Å². The summed E-state index contributed by atoms with van der Waals surface area (Å²) in [5.41, 5.74) is 4.07. The average molecular weight is 475 g/mol. The molecule has 8 heteroatoms. The van der Waals surface area contributed by atoms with Crippen molar-refractivity contribution in [2.45, 2.75) is 20.0 Å². The van der Waals surface area contributed by atoms with Crippen LogP contribution < -0.4 is 20.3 Å². The quantitative estimate of drug-likeness (QED) is 0.378. The van der Waals surface area contributed by atoms with Gasteiger partial charge in [0, 0.05) is 41.6 Å². The van der Waals surface area contributed by atoms with E-state index >= 15 is 0 Å². The minimum absolute atomic E-state index is 0.186. The van der Waals surface area contributed by atoms with Crippen LogP contribution in [0.1, 0.15) is 16.7 Å². The second kappa shape index (κ2) is 10.4. The van der Waals surface area contributed by atoms with Crippen LogP contribution in [0, 0.1) is 6.92 Å². The van der Waals surface area contributed by atoms with E-state index in [1.54, 1.807) is 32.7 Å². The van der Waals surface area contributed by atoms with Crippen LogP contribution in [0.5, 0.6) is 11.5 Å². The lowest BCUT2D eigenvalue weighted by Gasteiger charge is -2.26. The van der Waals surface area contributed by atoms with Gasteiger partial charge in [-0.1, -0.05) is 18.2 Å². The molecular formula is C26H26N4O3S. The first-order chi connectivity index (χ1) is 16.5. The van der Waals surface area contributed by atoms with Crippen molar-refractivity contribution in [3.05, 3.63) is 94.0 Å². The molecule has 0 aliphatic carbocycles. The summed E-state index contributed by atoms with van der Waals surface area (Å²) in [5, 5.41) is 4.66. The van der Waals surface area contributed by atoms with Gasteiger partial charge in [-0.3, -0.25) is 9.78 Å². The second-order valence-corrected chi connectivity index (χ2v) is 8.32. The largest absolute Gasteiger partial charge is 0.493 e. The highest BCUT2D eigenvalue weighted by atomic mass is 32.1. The first-order valence-corrected chi connectivity index (χ1v) is 11.2. The maximum absolute atomic E-state index is 13.0. The summed E-state index contributed by atoms with van der Waals surface area (Å²) in [6.07, 6.45) is 3.52. The third kappa shape index (κ3) is 5.35. The third-order valence-corrected chi connectivity index (χ3v) is 5.80. The number of thiocarbonyl (C=S) groups is 1. The number of nitrogens with one attached hydrogen (secondary N) is 2. The van der Waals surface area contributed by atoms with E-state index in [2.05, 4.69) is 15.3 Å². The Balaban J connectivity index is 1.67. The van der Waals surface area contributed by atoms with Crippen molar-refractivity contribution in [1.29, 1.82) is 0 Å². The zero-order chi connectivity index (χ0) is 24.1. The molecule has 0 spiro atoms. The second-order valence-electron chi connectivity index (χ2n) is 7.94. The molecule has 0 radical (unpaired) electrons. The lowest BCUT2D eigenvalue weighted by Crippen LogP contribution is -2.35. The number of H-pyrrole nitrogens is 1. The van der Waals surface area contributed by atoms with Crippen LogP contribution in [-0.4, -0.2) is 34.2 Å². The molecule has 2 N–H and O–H groups in total. The molecule has 0 aliphatic rings. The van der Waals surface area contributed by atoms with Crippen molar-refractivity contribution in [2.75, 3.05) is 19.5 Å². The number of aryl methyl sites for hydroxylation is 1. The van der Waals surface area contributed by atoms with E-state index in [0.29, 0.717) is 40.8 Å². The molecule has 0 amide bonds. The summed E-state index contributed by atoms with van der Waals surface area (Å²) in [6.45, 7) is 2.83. The topological polar surface area (TPSA) is 79.5 Å². The molecule has 7 nitrogen and oxygen atoms in total. The predicted octanol–water partition coefficient (Wildman–Crippen LogP) is 4.65. The number of aromatic nitrogens is 2. The maximum atomic E-state index is 13.0. The van der Waals surface area contributed by atoms with Gasteiger partial charge in [-0.25, -0.2) is 0 Å². The number of pyridine rings is 2. The van der Waals surface area contributed by atoms with E-state index < -0.39 is 0 Å². The molecule has 0 saturated carbocycles. The van der Waals surface area contributed by atoms with E-state index in [1.807, 2.05) is 60.4 Å². The van der Waals surface area contributed by atoms with Gasteiger partial charge < -0.3 is 24.7 Å². The molecule has 0 unspecified atom stereocenters. The summed E-state index contributed by atoms with van der Waals surface area (Å²) in [5.74, 6) is 1.15. The molecule has 4 aromatic rings. The van der Waals surface area contributed by atoms with E-state index in [1.165, 1.54) is 0 Å². The van der Waals surface area contributed by atoms with Crippen LogP contribution >= 0.6 is 12.2 Å². The number of aromatic amines is 1. The maximum Gasteiger partial charge on any atom is 0.253 e. The fraction of sp³-hybridized carbons (Fsp3) is 0.192. The van der Waals surface area contributed by atoms with Gasteiger partial charge >= 0.3 is 0 Å². The van der Waals surface area contributed by atoms with Gasteiger partial charge in [0.2, 0.25) is 0 Å². The number of methoxy groups -OCH3 is 2. The molecule has 2 aromatic carbocycles. The first kappa shape index (κ1) is 23.3. The van der Waals surface area contributed by atoms with Crippen LogP contribution in [0.3, 0.4) is 0 Å². The number of fused-ring (bicyclic) bond motifs is 1. The van der Waals surface area contributed by atoms with E-state index in [0.717, 1.165) is 22.2 Å². The predicted molar refractivity (Wildman–Crippen MR) is 139 cm³/mol. The van der Waals surface area contributed by atoms with E-state index in [-0.39, 0.29) is 5.56 Å². The number of hydrogen-bond donors (Lipinski definition) is 2. The number of benzene rings is 2. The number of ether oxygens (including phenoxy) is 2. The van der Waals surface area contributed by atoms with Gasteiger partial charge in [-0.15, -0.1) is 0 Å². The Hall–Kier alpha value is -3.91. The number of anilines is 1. The molecule has 34 heavy (non-hydrogen) atoms. The molecule has 2 aromatic heterocycles. The molecule has 4 rings (SSSR count). The highest BCUT2D eigenvalue weighted by Crippen LogP contribution is 2.31. The summed E-state index contributed by atoms with van der Waals surface area (Å²) < 4.78 is 10.8. The number of nitrogens with zero attached hydrogens (tertiary/aromatic N) is 2. The fourth-order valence-corrected chi connectivity index (χ4v) is 3.99. The Morgan fingerprint density at radius 3 is 2.56 bits per heavy atom. The first-order valence-electron chi connectivity index (χ1n) is 10.8. The Morgan fingerprint density at radius 1 is 1.06 bits per heavy atom. The zero-order valence-electron chi connectivity index (χ0n) is 19.3. The molecule has 174 valence electrons. The molecule has 0 atom stereocenters. The summed E-state index contributed by atoms with van der Waals surface area (Å²) >= 11 is 5.76. The van der Waals surface area contributed by atoms with Gasteiger partial charge in [0.25, 0.3) is 5.56 Å². The Bertz CT molecular complexity index is 1370. The minimum Gasteiger partial charge on any atom is -0.493 e. The van der Waals surface area contributed by atoms with Gasteiger partial charge in [-0.2, -0.15) is 0 Å². The van der Waals surface area contributed by atoms with Crippen molar-refractivity contribution in [3.63, 3.8) is 0 Å². The van der Waals surface area contributed by atoms with Gasteiger partial charge in [0.05, 0.1) is 26.3 Å². The molecule has 0 bridgehead atoms. The summed E-state index contributed by atoms with van der Waals surface area (Å²) in [6, 6.07) is 17.3. The lowest BCUT2D eigenvalue weighted by molar-refractivity contribution is 0.355. The molecule has 0 saturated heterocycles. The number of rotatable bonds is 7. The SMILES string of the molecule is COc1cc2cc(CN(Cc3cccnc3)C(=S)Nc3cccc(C)c3)c(=O)[nH]c2cc1OC. The summed E-state index contributed by atoms with van der Waals surface area (Å²) in [7, 11) is 3.15.